The summed E-state index contributed by atoms with van der Waals surface area (Å²) in [7, 11) is 0. The van der Waals surface area contributed by atoms with Crippen LogP contribution in [0.3, 0.4) is 0 Å². The Bertz CT molecular complexity index is 387. The van der Waals surface area contributed by atoms with E-state index in [4.69, 9.17) is 9.47 Å². The Balaban J connectivity index is 1.88. The molecule has 0 aromatic heterocycles. The molecule has 2 atom stereocenters. The lowest BCUT2D eigenvalue weighted by Gasteiger charge is -2.24. The lowest BCUT2D eigenvalue weighted by atomic mass is 10.0. The first-order chi connectivity index (χ1) is 8.77. The summed E-state index contributed by atoms with van der Waals surface area (Å²) in [6.07, 6.45) is 1.43. The SMILES string of the molecule is CCOC(=O)[C@H]1C[C@]12CCN(C(=O)OC(C)(C)C)C2. The van der Waals surface area contributed by atoms with Crippen molar-refractivity contribution < 1.29 is 19.1 Å². The second-order valence-corrected chi connectivity index (χ2v) is 6.52. The maximum atomic E-state index is 12.0. The van der Waals surface area contributed by atoms with Crippen LogP contribution in [-0.4, -0.2) is 42.3 Å². The first-order valence-corrected chi connectivity index (χ1v) is 6.92. The van der Waals surface area contributed by atoms with Gasteiger partial charge < -0.3 is 14.4 Å². The quantitative estimate of drug-likeness (QED) is 0.721. The van der Waals surface area contributed by atoms with E-state index in [0.717, 1.165) is 12.8 Å². The minimum atomic E-state index is -0.475. The molecule has 1 saturated heterocycles. The smallest absolute Gasteiger partial charge is 0.410 e. The van der Waals surface area contributed by atoms with Gasteiger partial charge in [-0.25, -0.2) is 4.79 Å². The molecule has 108 valence electrons. The number of rotatable bonds is 2. The Morgan fingerprint density at radius 2 is 2.05 bits per heavy atom. The molecular weight excluding hydrogens is 246 g/mol. The molecule has 1 aliphatic heterocycles. The third kappa shape index (κ3) is 3.01. The standard InChI is InChI=1S/C14H23NO4/c1-5-18-11(16)10-8-14(10)6-7-15(9-14)12(17)19-13(2,3)4/h10H,5-9H2,1-4H3/t10-,14+/m1/s1. The zero-order valence-corrected chi connectivity index (χ0v) is 12.2. The van der Waals surface area contributed by atoms with E-state index in [2.05, 4.69) is 0 Å². The predicted molar refractivity (Wildman–Crippen MR) is 69.6 cm³/mol. The summed E-state index contributed by atoms with van der Waals surface area (Å²) in [4.78, 5) is 25.4. The molecular formula is C14H23NO4. The fourth-order valence-electron chi connectivity index (χ4n) is 2.75. The van der Waals surface area contributed by atoms with Gasteiger partial charge in [-0.15, -0.1) is 0 Å². The maximum Gasteiger partial charge on any atom is 0.410 e. The summed E-state index contributed by atoms with van der Waals surface area (Å²) in [5, 5.41) is 0. The summed E-state index contributed by atoms with van der Waals surface area (Å²) < 4.78 is 10.4. The van der Waals surface area contributed by atoms with E-state index in [1.165, 1.54) is 0 Å². The number of amides is 1. The van der Waals surface area contributed by atoms with Gasteiger partial charge in [-0.05, 0) is 40.5 Å². The van der Waals surface area contributed by atoms with Gasteiger partial charge in [-0.2, -0.15) is 0 Å². The van der Waals surface area contributed by atoms with Crippen molar-refractivity contribution in [3.05, 3.63) is 0 Å². The molecule has 2 aliphatic rings. The molecule has 1 amide bonds. The summed E-state index contributed by atoms with van der Waals surface area (Å²) >= 11 is 0. The lowest BCUT2D eigenvalue weighted by Crippen LogP contribution is -2.35. The van der Waals surface area contributed by atoms with Crippen molar-refractivity contribution in [3.63, 3.8) is 0 Å². The van der Waals surface area contributed by atoms with Gasteiger partial charge in [0.15, 0.2) is 0 Å². The molecule has 2 fully saturated rings. The van der Waals surface area contributed by atoms with Crippen molar-refractivity contribution in [1.82, 2.24) is 4.90 Å². The van der Waals surface area contributed by atoms with Crippen LogP contribution in [0.4, 0.5) is 4.79 Å². The highest BCUT2D eigenvalue weighted by atomic mass is 16.6. The molecule has 0 N–H and O–H groups in total. The van der Waals surface area contributed by atoms with Crippen molar-refractivity contribution >= 4 is 12.1 Å². The van der Waals surface area contributed by atoms with Crippen LogP contribution >= 0.6 is 0 Å². The molecule has 0 radical (unpaired) electrons. The summed E-state index contributed by atoms with van der Waals surface area (Å²) in [6.45, 7) is 9.09. The van der Waals surface area contributed by atoms with Crippen LogP contribution in [-0.2, 0) is 14.3 Å². The van der Waals surface area contributed by atoms with Gasteiger partial charge in [0.25, 0.3) is 0 Å². The Morgan fingerprint density at radius 3 is 2.63 bits per heavy atom. The zero-order chi connectivity index (χ0) is 14.3. The highest BCUT2D eigenvalue weighted by molar-refractivity contribution is 5.78. The van der Waals surface area contributed by atoms with Gasteiger partial charge in [0.1, 0.15) is 5.60 Å². The highest BCUT2D eigenvalue weighted by Crippen LogP contribution is 2.59. The minimum Gasteiger partial charge on any atom is -0.466 e. The fraction of sp³-hybridized carbons (Fsp3) is 0.857. The van der Waals surface area contributed by atoms with Crippen molar-refractivity contribution in [2.75, 3.05) is 19.7 Å². The van der Waals surface area contributed by atoms with Crippen LogP contribution < -0.4 is 0 Å². The Morgan fingerprint density at radius 1 is 1.37 bits per heavy atom. The van der Waals surface area contributed by atoms with E-state index in [-0.39, 0.29) is 23.4 Å². The van der Waals surface area contributed by atoms with Crippen LogP contribution in [0.15, 0.2) is 0 Å². The van der Waals surface area contributed by atoms with Gasteiger partial charge in [0, 0.05) is 18.5 Å². The Kier molecular flexibility index (Phi) is 3.49. The molecule has 0 bridgehead atoms. The minimum absolute atomic E-state index is 0.0279. The van der Waals surface area contributed by atoms with Crippen LogP contribution in [0.5, 0.6) is 0 Å². The molecule has 0 aromatic rings. The molecule has 2 rings (SSSR count). The molecule has 0 aromatic carbocycles. The topological polar surface area (TPSA) is 55.8 Å². The number of carbonyl (C=O) groups is 2. The molecule has 5 heteroatoms. The van der Waals surface area contributed by atoms with E-state index in [1.807, 2.05) is 27.7 Å². The summed E-state index contributed by atoms with van der Waals surface area (Å²) in [6, 6.07) is 0. The molecule has 1 saturated carbocycles. The molecule has 1 aliphatic carbocycles. The van der Waals surface area contributed by atoms with Gasteiger partial charge in [0.05, 0.1) is 12.5 Å². The third-order valence-electron chi connectivity index (χ3n) is 3.80. The fourth-order valence-corrected chi connectivity index (χ4v) is 2.75. The zero-order valence-electron chi connectivity index (χ0n) is 12.2. The number of hydrogen-bond acceptors (Lipinski definition) is 4. The second kappa shape index (κ2) is 4.69. The number of hydrogen-bond donors (Lipinski definition) is 0. The van der Waals surface area contributed by atoms with Crippen molar-refractivity contribution in [3.8, 4) is 0 Å². The van der Waals surface area contributed by atoms with Gasteiger partial charge in [-0.3, -0.25) is 4.79 Å². The van der Waals surface area contributed by atoms with Crippen LogP contribution in [0.1, 0.15) is 40.5 Å². The molecule has 1 heterocycles. The van der Waals surface area contributed by atoms with Crippen LogP contribution in [0.2, 0.25) is 0 Å². The third-order valence-corrected chi connectivity index (χ3v) is 3.80. The van der Waals surface area contributed by atoms with E-state index in [1.54, 1.807) is 4.90 Å². The average molecular weight is 269 g/mol. The van der Waals surface area contributed by atoms with E-state index < -0.39 is 5.60 Å². The van der Waals surface area contributed by atoms with E-state index >= 15 is 0 Å². The number of ether oxygens (including phenoxy) is 2. The maximum absolute atomic E-state index is 12.0. The van der Waals surface area contributed by atoms with Crippen LogP contribution in [0, 0.1) is 11.3 Å². The average Bonchev–Trinajstić information content (AvgIpc) is 2.77. The molecule has 19 heavy (non-hydrogen) atoms. The van der Waals surface area contributed by atoms with Crippen molar-refractivity contribution in [2.24, 2.45) is 11.3 Å². The number of nitrogens with zero attached hydrogens (tertiary/aromatic N) is 1. The highest BCUT2D eigenvalue weighted by Gasteiger charge is 2.62. The number of carbonyl (C=O) groups excluding carboxylic acids is 2. The Hall–Kier alpha value is -1.26. The normalized spacial score (nSPS) is 29.5. The summed E-state index contributed by atoms with van der Waals surface area (Å²) in [5.41, 5.74) is -0.514. The Labute approximate surface area is 114 Å². The second-order valence-electron chi connectivity index (χ2n) is 6.52. The monoisotopic (exact) mass is 269 g/mol. The van der Waals surface area contributed by atoms with E-state index in [9.17, 15) is 9.59 Å². The molecule has 0 unspecified atom stereocenters. The number of esters is 1. The van der Waals surface area contributed by atoms with Crippen molar-refractivity contribution in [2.45, 2.75) is 46.1 Å². The lowest BCUT2D eigenvalue weighted by molar-refractivity contribution is -0.145. The first-order valence-electron chi connectivity index (χ1n) is 6.92. The van der Waals surface area contributed by atoms with Gasteiger partial charge in [0.2, 0.25) is 0 Å². The van der Waals surface area contributed by atoms with Gasteiger partial charge in [-0.1, -0.05) is 0 Å². The number of likely N-dealkylation sites (tertiary alicyclic amines) is 1. The largest absolute Gasteiger partial charge is 0.466 e. The predicted octanol–water partition coefficient (Wildman–Crippen LogP) is 2.20. The molecule has 1 spiro atoms. The first kappa shape index (κ1) is 14.2. The van der Waals surface area contributed by atoms with Crippen molar-refractivity contribution in [1.29, 1.82) is 0 Å². The van der Waals surface area contributed by atoms with Crippen LogP contribution in [0.25, 0.3) is 0 Å². The summed E-state index contributed by atoms with van der Waals surface area (Å²) in [5.74, 6) is -0.145. The molecule has 5 nitrogen and oxygen atoms in total. The van der Waals surface area contributed by atoms with E-state index in [0.29, 0.717) is 19.7 Å². The van der Waals surface area contributed by atoms with Gasteiger partial charge >= 0.3 is 12.1 Å².